The maximum Gasteiger partial charge on any atom is 0.0633 e. The molecule has 0 bridgehead atoms. The molecular weight excluding hydrogens is 106 g/mol. The van der Waals surface area contributed by atoms with Crippen LogP contribution in [0.2, 0.25) is 0 Å². The number of hydrogen-bond donors (Lipinski definition) is 3. The first-order valence-electron chi connectivity index (χ1n) is 2.48. The van der Waals surface area contributed by atoms with Crippen molar-refractivity contribution in [2.24, 2.45) is 5.73 Å². The van der Waals surface area contributed by atoms with E-state index in [2.05, 4.69) is 6.92 Å². The summed E-state index contributed by atoms with van der Waals surface area (Å²) >= 11 is 0. The van der Waals surface area contributed by atoms with E-state index in [0.29, 0.717) is 6.42 Å². The van der Waals surface area contributed by atoms with Crippen LogP contribution in [0.3, 0.4) is 0 Å². The van der Waals surface area contributed by atoms with E-state index in [4.69, 9.17) is 15.9 Å². The van der Waals surface area contributed by atoms with E-state index in [1.54, 1.807) is 0 Å². The molecule has 0 aromatic carbocycles. The third kappa shape index (κ3) is 1.78. The summed E-state index contributed by atoms with van der Waals surface area (Å²) in [6, 6.07) is 0. The predicted molar refractivity (Wildman–Crippen MR) is 31.1 cm³/mol. The van der Waals surface area contributed by atoms with Crippen LogP contribution in [-0.2, 0) is 0 Å². The SMILES string of the molecule is [CH2]CC(N)(CO)CO. The fourth-order valence-electron chi connectivity index (χ4n) is 0.208. The van der Waals surface area contributed by atoms with Crippen LogP contribution in [0.15, 0.2) is 0 Å². The van der Waals surface area contributed by atoms with Gasteiger partial charge in [-0.1, -0.05) is 6.92 Å². The van der Waals surface area contributed by atoms with Gasteiger partial charge in [-0.25, -0.2) is 0 Å². The smallest absolute Gasteiger partial charge is 0.0633 e. The molecule has 0 saturated heterocycles. The van der Waals surface area contributed by atoms with E-state index in [9.17, 15) is 0 Å². The Balaban J connectivity index is 3.58. The first-order chi connectivity index (χ1) is 3.68. The molecule has 49 valence electrons. The van der Waals surface area contributed by atoms with E-state index in [-0.39, 0.29) is 13.2 Å². The Morgan fingerprint density at radius 1 is 1.38 bits per heavy atom. The summed E-state index contributed by atoms with van der Waals surface area (Å²) in [5.74, 6) is 0. The maximum absolute atomic E-state index is 8.46. The standard InChI is InChI=1S/C5H12NO2/c1-2-5(6,3-7)4-8/h7-8H,1-4,6H2. The summed E-state index contributed by atoms with van der Waals surface area (Å²) in [6.07, 6.45) is 0.347. The molecule has 0 fully saturated rings. The van der Waals surface area contributed by atoms with Gasteiger partial charge in [0.25, 0.3) is 0 Å². The molecule has 0 unspecified atom stereocenters. The van der Waals surface area contributed by atoms with Crippen molar-refractivity contribution in [3.05, 3.63) is 6.92 Å². The highest BCUT2D eigenvalue weighted by molar-refractivity contribution is 4.82. The Hall–Kier alpha value is -0.120. The lowest BCUT2D eigenvalue weighted by Crippen LogP contribution is -2.46. The molecule has 0 aliphatic rings. The zero-order valence-corrected chi connectivity index (χ0v) is 4.80. The van der Waals surface area contributed by atoms with Crippen LogP contribution < -0.4 is 5.73 Å². The minimum absolute atomic E-state index is 0.215. The molecule has 3 nitrogen and oxygen atoms in total. The van der Waals surface area contributed by atoms with E-state index in [0.717, 1.165) is 0 Å². The van der Waals surface area contributed by atoms with Gasteiger partial charge >= 0.3 is 0 Å². The quantitative estimate of drug-likeness (QED) is 0.440. The lowest BCUT2D eigenvalue weighted by molar-refractivity contribution is 0.122. The number of aliphatic hydroxyl groups is 2. The van der Waals surface area contributed by atoms with Gasteiger partial charge in [-0.05, 0) is 6.42 Å². The molecule has 0 spiro atoms. The zero-order chi connectivity index (χ0) is 6.62. The Labute approximate surface area is 49.1 Å². The highest BCUT2D eigenvalue weighted by atomic mass is 16.3. The van der Waals surface area contributed by atoms with Crippen LogP contribution in [0.25, 0.3) is 0 Å². The van der Waals surface area contributed by atoms with Gasteiger partial charge in [0.05, 0.1) is 18.8 Å². The normalized spacial score (nSPS) is 12.0. The van der Waals surface area contributed by atoms with Crippen molar-refractivity contribution in [1.82, 2.24) is 0 Å². The summed E-state index contributed by atoms with van der Waals surface area (Å²) in [5, 5.41) is 16.9. The average molecular weight is 118 g/mol. The minimum Gasteiger partial charge on any atom is -0.394 e. The topological polar surface area (TPSA) is 66.5 Å². The largest absolute Gasteiger partial charge is 0.394 e. The predicted octanol–water partition coefficient (Wildman–Crippen LogP) is -1.11. The van der Waals surface area contributed by atoms with Crippen molar-refractivity contribution in [1.29, 1.82) is 0 Å². The third-order valence-corrected chi connectivity index (χ3v) is 1.13. The molecule has 8 heavy (non-hydrogen) atoms. The monoisotopic (exact) mass is 118 g/mol. The number of rotatable bonds is 3. The summed E-state index contributed by atoms with van der Waals surface area (Å²) in [5.41, 5.74) is 4.46. The Bertz CT molecular complexity index is 53.2. The molecule has 3 heteroatoms. The van der Waals surface area contributed by atoms with Crippen LogP contribution in [0.4, 0.5) is 0 Å². The zero-order valence-electron chi connectivity index (χ0n) is 4.80. The second-order valence-corrected chi connectivity index (χ2v) is 1.93. The van der Waals surface area contributed by atoms with Gasteiger partial charge in [0.1, 0.15) is 0 Å². The molecule has 4 N–H and O–H groups in total. The fourth-order valence-corrected chi connectivity index (χ4v) is 0.208. The van der Waals surface area contributed by atoms with Gasteiger partial charge in [0.2, 0.25) is 0 Å². The van der Waals surface area contributed by atoms with E-state index in [1.165, 1.54) is 0 Å². The number of nitrogens with two attached hydrogens (primary N) is 1. The van der Waals surface area contributed by atoms with Crippen molar-refractivity contribution >= 4 is 0 Å². The molecule has 0 aliphatic carbocycles. The van der Waals surface area contributed by atoms with Gasteiger partial charge in [-0.2, -0.15) is 0 Å². The van der Waals surface area contributed by atoms with Gasteiger partial charge in [-0.15, -0.1) is 0 Å². The molecule has 0 rings (SSSR count). The molecule has 1 radical (unpaired) electrons. The first-order valence-corrected chi connectivity index (χ1v) is 2.48. The molecular formula is C5H12NO2. The number of aliphatic hydroxyl groups excluding tert-OH is 2. The van der Waals surface area contributed by atoms with Crippen molar-refractivity contribution in [2.45, 2.75) is 12.0 Å². The number of hydrogen-bond acceptors (Lipinski definition) is 3. The highest BCUT2D eigenvalue weighted by Gasteiger charge is 2.19. The lowest BCUT2D eigenvalue weighted by atomic mass is 10.0. The second-order valence-electron chi connectivity index (χ2n) is 1.93. The van der Waals surface area contributed by atoms with E-state index in [1.807, 2.05) is 0 Å². The van der Waals surface area contributed by atoms with Crippen molar-refractivity contribution < 1.29 is 10.2 Å². The molecule has 0 aliphatic heterocycles. The summed E-state index contributed by atoms with van der Waals surface area (Å²) in [7, 11) is 0. The molecule has 0 aromatic heterocycles. The molecule has 0 aromatic rings. The molecule has 0 atom stereocenters. The highest BCUT2D eigenvalue weighted by Crippen LogP contribution is 2.01. The minimum atomic E-state index is -0.875. The summed E-state index contributed by atoms with van der Waals surface area (Å²) < 4.78 is 0. The van der Waals surface area contributed by atoms with Crippen molar-refractivity contribution in [3.63, 3.8) is 0 Å². The third-order valence-electron chi connectivity index (χ3n) is 1.13. The van der Waals surface area contributed by atoms with Crippen LogP contribution in [0, 0.1) is 6.92 Å². The second kappa shape index (κ2) is 3.02. The summed E-state index contributed by atoms with van der Waals surface area (Å²) in [6.45, 7) is 3.02. The van der Waals surface area contributed by atoms with Crippen LogP contribution in [-0.4, -0.2) is 29.0 Å². The van der Waals surface area contributed by atoms with E-state index < -0.39 is 5.54 Å². The Morgan fingerprint density at radius 3 is 1.75 bits per heavy atom. The van der Waals surface area contributed by atoms with Crippen LogP contribution in [0.5, 0.6) is 0 Å². The molecule has 0 heterocycles. The maximum atomic E-state index is 8.46. The first kappa shape index (κ1) is 7.88. The van der Waals surface area contributed by atoms with Gasteiger partial charge in [0, 0.05) is 0 Å². The molecule has 0 saturated carbocycles. The van der Waals surface area contributed by atoms with Crippen molar-refractivity contribution in [3.8, 4) is 0 Å². The Morgan fingerprint density at radius 2 is 1.75 bits per heavy atom. The lowest BCUT2D eigenvalue weighted by Gasteiger charge is -2.21. The fraction of sp³-hybridized carbons (Fsp3) is 0.800. The van der Waals surface area contributed by atoms with Gasteiger partial charge in [-0.3, -0.25) is 0 Å². The van der Waals surface area contributed by atoms with Gasteiger partial charge < -0.3 is 15.9 Å². The van der Waals surface area contributed by atoms with Crippen molar-refractivity contribution in [2.75, 3.05) is 13.2 Å². The Kier molecular flexibility index (Phi) is 2.97. The molecule has 0 amide bonds. The summed E-state index contributed by atoms with van der Waals surface area (Å²) in [4.78, 5) is 0. The average Bonchev–Trinajstić information content (AvgIpc) is 1.87. The van der Waals surface area contributed by atoms with E-state index >= 15 is 0 Å². The van der Waals surface area contributed by atoms with Crippen LogP contribution >= 0.6 is 0 Å². The van der Waals surface area contributed by atoms with Gasteiger partial charge in [0.15, 0.2) is 0 Å². The van der Waals surface area contributed by atoms with Crippen LogP contribution in [0.1, 0.15) is 6.42 Å².